The summed E-state index contributed by atoms with van der Waals surface area (Å²) in [5, 5.41) is 19.7. The Morgan fingerprint density at radius 1 is 1.38 bits per heavy atom. The average Bonchev–Trinajstić information content (AvgIpc) is 2.93. The van der Waals surface area contributed by atoms with Crippen LogP contribution in [0, 0.1) is 11.2 Å². The first kappa shape index (κ1) is 18.8. The molecule has 0 amide bonds. The molecule has 0 saturated carbocycles. The van der Waals surface area contributed by atoms with Gasteiger partial charge in [0, 0.05) is 6.92 Å². The standard InChI is InChI=1S/C15H14FN5O.C2H4O2/c1-22-11-4-2-9(3-5-11)8-21-15-12(6-10(16)7-19-15)13(20-21)14(17)18;1-2(3)4/h2-7H,8H2,1H3,(H3,17,18);1H3,(H,3,4). The minimum absolute atomic E-state index is 0.217. The molecule has 2 aromatic heterocycles. The normalized spacial score (nSPS) is 10.1. The second kappa shape index (κ2) is 8.06. The first-order valence-electron chi connectivity index (χ1n) is 7.50. The number of nitrogens with one attached hydrogen (secondary N) is 1. The van der Waals surface area contributed by atoms with Crippen molar-refractivity contribution < 1.29 is 19.0 Å². The molecule has 0 radical (unpaired) electrons. The zero-order valence-corrected chi connectivity index (χ0v) is 14.2. The number of carboxylic acids is 1. The SMILES string of the molecule is CC(=O)O.COc1ccc(Cn2nc(C(=N)N)c3cc(F)cnc32)cc1. The maximum absolute atomic E-state index is 13.4. The maximum atomic E-state index is 13.4. The lowest BCUT2D eigenvalue weighted by Gasteiger charge is -2.04. The number of carbonyl (C=O) groups is 1. The smallest absolute Gasteiger partial charge is 0.300 e. The number of carboxylic acid groups (broad SMARTS) is 1. The van der Waals surface area contributed by atoms with Crippen molar-refractivity contribution in [2.45, 2.75) is 13.5 Å². The van der Waals surface area contributed by atoms with Crippen LogP contribution in [0.1, 0.15) is 18.2 Å². The fourth-order valence-electron chi connectivity index (χ4n) is 2.25. The number of hydrogen-bond acceptors (Lipinski definition) is 5. The molecule has 1 aromatic carbocycles. The number of ether oxygens (including phenoxy) is 1. The van der Waals surface area contributed by atoms with Crippen molar-refractivity contribution in [1.29, 1.82) is 5.41 Å². The van der Waals surface area contributed by atoms with E-state index >= 15 is 0 Å². The fourth-order valence-corrected chi connectivity index (χ4v) is 2.25. The number of halogens is 1. The van der Waals surface area contributed by atoms with Crippen LogP contribution >= 0.6 is 0 Å². The number of benzene rings is 1. The number of nitrogens with zero attached hydrogens (tertiary/aromatic N) is 3. The summed E-state index contributed by atoms with van der Waals surface area (Å²) in [5.41, 5.74) is 7.21. The molecule has 3 rings (SSSR count). The summed E-state index contributed by atoms with van der Waals surface area (Å²) < 4.78 is 20.1. The summed E-state index contributed by atoms with van der Waals surface area (Å²) in [6.07, 6.45) is 1.12. The molecule has 0 saturated heterocycles. The molecule has 0 spiro atoms. The summed E-state index contributed by atoms with van der Waals surface area (Å²) in [4.78, 5) is 13.1. The van der Waals surface area contributed by atoms with Crippen LogP contribution in [0.3, 0.4) is 0 Å². The number of nitrogen functional groups attached to an aromatic ring is 1. The van der Waals surface area contributed by atoms with Gasteiger partial charge in [0.2, 0.25) is 0 Å². The number of aliphatic carboxylic acids is 1. The first-order valence-corrected chi connectivity index (χ1v) is 7.50. The fraction of sp³-hybridized carbons (Fsp3) is 0.176. The molecule has 0 atom stereocenters. The van der Waals surface area contributed by atoms with Crippen molar-refractivity contribution >= 4 is 22.8 Å². The third-order valence-electron chi connectivity index (χ3n) is 3.30. The number of aromatic nitrogens is 3. The van der Waals surface area contributed by atoms with Gasteiger partial charge in [0.05, 0.1) is 25.2 Å². The van der Waals surface area contributed by atoms with E-state index in [1.54, 1.807) is 11.8 Å². The van der Waals surface area contributed by atoms with Gasteiger partial charge in [-0.2, -0.15) is 5.10 Å². The number of methoxy groups -OCH3 is 1. The molecule has 0 bridgehead atoms. The topological polar surface area (TPSA) is 127 Å². The quantitative estimate of drug-likeness (QED) is 0.483. The summed E-state index contributed by atoms with van der Waals surface area (Å²) in [5.74, 6) is -0.774. The van der Waals surface area contributed by atoms with Crippen LogP contribution in [0.5, 0.6) is 5.75 Å². The van der Waals surface area contributed by atoms with Gasteiger partial charge in [-0.25, -0.2) is 14.1 Å². The number of nitrogens with two attached hydrogens (primary N) is 1. The molecule has 26 heavy (non-hydrogen) atoms. The van der Waals surface area contributed by atoms with Crippen LogP contribution in [0.2, 0.25) is 0 Å². The molecule has 8 nitrogen and oxygen atoms in total. The summed E-state index contributed by atoms with van der Waals surface area (Å²) in [7, 11) is 1.60. The van der Waals surface area contributed by atoms with Crippen LogP contribution in [0.25, 0.3) is 11.0 Å². The molecule has 0 unspecified atom stereocenters. The molecule has 0 aliphatic rings. The van der Waals surface area contributed by atoms with E-state index in [9.17, 15) is 4.39 Å². The van der Waals surface area contributed by atoms with E-state index in [1.807, 2.05) is 24.3 Å². The van der Waals surface area contributed by atoms with E-state index in [-0.39, 0.29) is 11.5 Å². The molecule has 0 fully saturated rings. The van der Waals surface area contributed by atoms with Gasteiger partial charge in [-0.3, -0.25) is 10.2 Å². The van der Waals surface area contributed by atoms with Crippen LogP contribution < -0.4 is 10.5 Å². The highest BCUT2D eigenvalue weighted by atomic mass is 19.1. The number of amidine groups is 1. The molecule has 0 aliphatic heterocycles. The van der Waals surface area contributed by atoms with Gasteiger partial charge in [-0.15, -0.1) is 0 Å². The van der Waals surface area contributed by atoms with Gasteiger partial charge < -0.3 is 15.6 Å². The van der Waals surface area contributed by atoms with Crippen molar-refractivity contribution in [1.82, 2.24) is 14.8 Å². The van der Waals surface area contributed by atoms with E-state index in [4.69, 9.17) is 25.8 Å². The van der Waals surface area contributed by atoms with E-state index in [0.29, 0.717) is 17.6 Å². The predicted molar refractivity (Wildman–Crippen MR) is 93.9 cm³/mol. The number of fused-ring (bicyclic) bond motifs is 1. The largest absolute Gasteiger partial charge is 0.497 e. The van der Waals surface area contributed by atoms with E-state index in [1.165, 1.54) is 6.07 Å². The second-order valence-electron chi connectivity index (χ2n) is 5.31. The molecular formula is C17H18FN5O3. The monoisotopic (exact) mass is 359 g/mol. The van der Waals surface area contributed by atoms with E-state index in [2.05, 4.69) is 10.1 Å². The molecule has 0 aliphatic carbocycles. The number of hydrogen-bond donors (Lipinski definition) is 3. The summed E-state index contributed by atoms with van der Waals surface area (Å²) >= 11 is 0. The third kappa shape index (κ3) is 4.53. The first-order chi connectivity index (χ1) is 12.3. The lowest BCUT2D eigenvalue weighted by atomic mass is 10.2. The van der Waals surface area contributed by atoms with Crippen LogP contribution in [-0.4, -0.2) is 38.8 Å². The van der Waals surface area contributed by atoms with Gasteiger partial charge in [0.1, 0.15) is 23.1 Å². The lowest BCUT2D eigenvalue weighted by Crippen LogP contribution is -2.13. The molecule has 9 heteroatoms. The summed E-state index contributed by atoms with van der Waals surface area (Å²) in [6.45, 7) is 1.52. The van der Waals surface area contributed by atoms with Gasteiger partial charge in [-0.05, 0) is 23.8 Å². The Morgan fingerprint density at radius 3 is 2.54 bits per heavy atom. The van der Waals surface area contributed by atoms with Crippen molar-refractivity contribution in [3.05, 3.63) is 53.6 Å². The summed E-state index contributed by atoms with van der Waals surface area (Å²) in [6, 6.07) is 8.79. The maximum Gasteiger partial charge on any atom is 0.300 e. The van der Waals surface area contributed by atoms with E-state index < -0.39 is 11.8 Å². The third-order valence-corrected chi connectivity index (χ3v) is 3.30. The second-order valence-corrected chi connectivity index (χ2v) is 5.31. The number of rotatable bonds is 4. The number of pyridine rings is 1. The Labute approximate surface area is 148 Å². The Kier molecular flexibility index (Phi) is 5.84. The van der Waals surface area contributed by atoms with Crippen molar-refractivity contribution in [2.24, 2.45) is 5.73 Å². The Morgan fingerprint density at radius 2 is 2.00 bits per heavy atom. The zero-order chi connectivity index (χ0) is 19.3. The van der Waals surface area contributed by atoms with Gasteiger partial charge >= 0.3 is 0 Å². The average molecular weight is 359 g/mol. The molecule has 3 aromatic rings. The Bertz CT molecular complexity index is 933. The minimum Gasteiger partial charge on any atom is -0.497 e. The highest BCUT2D eigenvalue weighted by molar-refractivity contribution is 6.04. The highest BCUT2D eigenvalue weighted by Crippen LogP contribution is 2.19. The van der Waals surface area contributed by atoms with Gasteiger partial charge in [0.15, 0.2) is 5.65 Å². The Balaban J connectivity index is 0.000000552. The minimum atomic E-state index is -0.833. The van der Waals surface area contributed by atoms with Crippen molar-refractivity contribution in [3.8, 4) is 5.75 Å². The van der Waals surface area contributed by atoms with Gasteiger partial charge in [-0.1, -0.05) is 12.1 Å². The predicted octanol–water partition coefficient (Wildman–Crippen LogP) is 2.00. The molecule has 136 valence electrons. The van der Waals surface area contributed by atoms with Crippen LogP contribution in [-0.2, 0) is 11.3 Å². The lowest BCUT2D eigenvalue weighted by molar-refractivity contribution is -0.134. The van der Waals surface area contributed by atoms with Crippen molar-refractivity contribution in [3.63, 3.8) is 0 Å². The van der Waals surface area contributed by atoms with E-state index in [0.717, 1.165) is 24.4 Å². The molecule has 2 heterocycles. The van der Waals surface area contributed by atoms with Crippen LogP contribution in [0.4, 0.5) is 4.39 Å². The van der Waals surface area contributed by atoms with Crippen molar-refractivity contribution in [2.75, 3.05) is 7.11 Å². The van der Waals surface area contributed by atoms with Gasteiger partial charge in [0.25, 0.3) is 5.97 Å². The molecular weight excluding hydrogens is 341 g/mol. The molecule has 4 N–H and O–H groups in total. The highest BCUT2D eigenvalue weighted by Gasteiger charge is 2.15. The zero-order valence-electron chi connectivity index (χ0n) is 14.2. The Hall–Kier alpha value is -3.49. The van der Waals surface area contributed by atoms with Crippen LogP contribution in [0.15, 0.2) is 36.5 Å².